The van der Waals surface area contributed by atoms with Crippen LogP contribution in [-0.2, 0) is 16.0 Å². The third-order valence-electron chi connectivity index (χ3n) is 2.11. The van der Waals surface area contributed by atoms with Crippen LogP contribution in [0.1, 0.15) is 18.1 Å². The van der Waals surface area contributed by atoms with Gasteiger partial charge in [-0.3, -0.25) is 4.79 Å². The fourth-order valence-electron chi connectivity index (χ4n) is 1.45. The van der Waals surface area contributed by atoms with Crippen molar-refractivity contribution in [2.45, 2.75) is 18.2 Å². The Morgan fingerprint density at radius 1 is 1.53 bits per heavy atom. The summed E-state index contributed by atoms with van der Waals surface area (Å²) in [4.78, 5) is 11.8. The number of benzene rings is 1. The smallest absolute Gasteiger partial charge is 0.310 e. The highest BCUT2D eigenvalue weighted by Gasteiger charge is 2.11. The molecule has 4 nitrogen and oxygen atoms in total. The number of carbonyl (C=O) groups is 1. The zero-order chi connectivity index (χ0) is 12.8. The van der Waals surface area contributed by atoms with Crippen molar-refractivity contribution in [3.8, 4) is 11.8 Å². The van der Waals surface area contributed by atoms with E-state index >= 15 is 0 Å². The van der Waals surface area contributed by atoms with Crippen LogP contribution in [-0.4, -0.2) is 19.7 Å². The molecule has 0 radical (unpaired) electrons. The third kappa shape index (κ3) is 3.40. The number of rotatable bonds is 4. The second-order valence-corrected chi connectivity index (χ2v) is 3.77. The molecule has 90 valence electrons. The van der Waals surface area contributed by atoms with Crippen molar-refractivity contribution < 1.29 is 14.3 Å². The molecule has 1 aromatic carbocycles. The average Bonchev–Trinajstić information content (AvgIpc) is 2.28. The maximum absolute atomic E-state index is 11.3. The molecule has 0 atom stereocenters. The monoisotopic (exact) mass is 251 g/mol. The van der Waals surface area contributed by atoms with Crippen molar-refractivity contribution in [2.24, 2.45) is 0 Å². The van der Waals surface area contributed by atoms with Crippen LogP contribution in [0.5, 0.6) is 5.75 Å². The fourth-order valence-corrected chi connectivity index (χ4v) is 1.83. The normalized spacial score (nSPS) is 9.53. The summed E-state index contributed by atoms with van der Waals surface area (Å²) in [6.45, 7) is 2.09. The summed E-state index contributed by atoms with van der Waals surface area (Å²) in [7, 11) is 1.47. The Balaban J connectivity index is 3.00. The quantitative estimate of drug-likeness (QED) is 0.656. The van der Waals surface area contributed by atoms with Crippen molar-refractivity contribution in [3.05, 3.63) is 23.3 Å². The molecule has 0 bridgehead atoms. The van der Waals surface area contributed by atoms with Crippen LogP contribution in [0, 0.1) is 11.3 Å². The molecule has 0 saturated heterocycles. The topological polar surface area (TPSA) is 59.3 Å². The first kappa shape index (κ1) is 13.4. The Kier molecular flexibility index (Phi) is 4.85. The summed E-state index contributed by atoms with van der Waals surface area (Å²) in [6, 6.07) is 5.31. The molecule has 0 N–H and O–H groups in total. The van der Waals surface area contributed by atoms with Gasteiger partial charge in [-0.25, -0.2) is 0 Å². The first-order valence-electron chi connectivity index (χ1n) is 5.08. The van der Waals surface area contributed by atoms with E-state index in [2.05, 4.69) is 12.6 Å². The molecule has 0 heterocycles. The Bertz CT molecular complexity index is 466. The van der Waals surface area contributed by atoms with Crippen LogP contribution in [0.3, 0.4) is 0 Å². The zero-order valence-electron chi connectivity index (χ0n) is 9.69. The van der Waals surface area contributed by atoms with Gasteiger partial charge in [-0.15, -0.1) is 12.6 Å². The number of methoxy groups -OCH3 is 1. The molecule has 0 aromatic heterocycles. The lowest BCUT2D eigenvalue weighted by atomic mass is 10.1. The molecule has 0 unspecified atom stereocenters. The number of hydrogen-bond donors (Lipinski definition) is 1. The molecular formula is C12H13NO3S. The van der Waals surface area contributed by atoms with Crippen LogP contribution in [0.4, 0.5) is 0 Å². The average molecular weight is 251 g/mol. The van der Waals surface area contributed by atoms with E-state index in [1.807, 2.05) is 6.07 Å². The van der Waals surface area contributed by atoms with Gasteiger partial charge in [-0.05, 0) is 24.6 Å². The molecular weight excluding hydrogens is 238 g/mol. The van der Waals surface area contributed by atoms with E-state index in [9.17, 15) is 4.79 Å². The van der Waals surface area contributed by atoms with Gasteiger partial charge in [0.15, 0.2) is 0 Å². The maximum Gasteiger partial charge on any atom is 0.310 e. The molecule has 0 aliphatic rings. The van der Waals surface area contributed by atoms with Gasteiger partial charge in [0.05, 0.1) is 25.7 Å². The third-order valence-corrected chi connectivity index (χ3v) is 2.44. The van der Waals surface area contributed by atoms with E-state index in [0.29, 0.717) is 28.4 Å². The lowest BCUT2D eigenvalue weighted by Gasteiger charge is -2.08. The second kappa shape index (κ2) is 6.16. The van der Waals surface area contributed by atoms with Crippen LogP contribution in [0.2, 0.25) is 0 Å². The second-order valence-electron chi connectivity index (χ2n) is 3.29. The molecule has 0 amide bonds. The minimum atomic E-state index is -0.325. The number of esters is 1. The molecule has 0 fully saturated rings. The Morgan fingerprint density at radius 2 is 2.24 bits per heavy atom. The highest BCUT2D eigenvalue weighted by Crippen LogP contribution is 2.28. The summed E-state index contributed by atoms with van der Waals surface area (Å²) in [5.74, 6) is 0.0951. The largest absolute Gasteiger partial charge is 0.494 e. The molecule has 0 aliphatic heterocycles. The minimum Gasteiger partial charge on any atom is -0.494 e. The molecule has 0 saturated carbocycles. The number of carbonyl (C=O) groups excluding carboxylic acids is 1. The lowest BCUT2D eigenvalue weighted by Crippen LogP contribution is -2.08. The predicted octanol–water partition coefficient (Wildman–Crippen LogP) is 1.96. The summed E-state index contributed by atoms with van der Waals surface area (Å²) >= 11 is 4.22. The summed E-state index contributed by atoms with van der Waals surface area (Å²) < 4.78 is 9.90. The van der Waals surface area contributed by atoms with Gasteiger partial charge in [-0.2, -0.15) is 5.26 Å². The van der Waals surface area contributed by atoms with Crippen molar-refractivity contribution in [2.75, 3.05) is 13.7 Å². The van der Waals surface area contributed by atoms with Crippen LogP contribution in [0.15, 0.2) is 17.0 Å². The number of nitriles is 1. The van der Waals surface area contributed by atoms with Gasteiger partial charge < -0.3 is 9.47 Å². The molecule has 5 heteroatoms. The van der Waals surface area contributed by atoms with Crippen molar-refractivity contribution in [1.29, 1.82) is 5.26 Å². The van der Waals surface area contributed by atoms with Crippen molar-refractivity contribution in [3.63, 3.8) is 0 Å². The SMILES string of the molecule is CCOC(=O)Cc1cc(S)c(OC)c(C#N)c1. The number of hydrogen-bond acceptors (Lipinski definition) is 5. The van der Waals surface area contributed by atoms with Crippen LogP contribution >= 0.6 is 12.6 Å². The van der Waals surface area contributed by atoms with Gasteiger partial charge in [0, 0.05) is 4.90 Å². The maximum atomic E-state index is 11.3. The van der Waals surface area contributed by atoms with E-state index in [4.69, 9.17) is 14.7 Å². The number of nitrogens with zero attached hydrogens (tertiary/aromatic N) is 1. The van der Waals surface area contributed by atoms with Crippen LogP contribution < -0.4 is 4.74 Å². The van der Waals surface area contributed by atoms with Gasteiger partial charge in [0.1, 0.15) is 11.8 Å². The van der Waals surface area contributed by atoms with Gasteiger partial charge in [0.25, 0.3) is 0 Å². The van der Waals surface area contributed by atoms with Gasteiger partial charge in [-0.1, -0.05) is 0 Å². The number of ether oxygens (including phenoxy) is 2. The fraction of sp³-hybridized carbons (Fsp3) is 0.333. The van der Waals surface area contributed by atoms with Gasteiger partial charge >= 0.3 is 5.97 Å². The highest BCUT2D eigenvalue weighted by molar-refractivity contribution is 7.80. The van der Waals surface area contributed by atoms with Crippen molar-refractivity contribution >= 4 is 18.6 Å². The molecule has 1 rings (SSSR count). The van der Waals surface area contributed by atoms with Crippen LogP contribution in [0.25, 0.3) is 0 Å². The minimum absolute atomic E-state index is 0.125. The summed E-state index contributed by atoms with van der Waals surface area (Å²) in [6.07, 6.45) is 0.125. The first-order valence-corrected chi connectivity index (χ1v) is 5.52. The molecule has 0 aliphatic carbocycles. The Labute approximate surface area is 106 Å². The molecule has 17 heavy (non-hydrogen) atoms. The van der Waals surface area contributed by atoms with Gasteiger partial charge in [0.2, 0.25) is 0 Å². The Morgan fingerprint density at radius 3 is 2.76 bits per heavy atom. The van der Waals surface area contributed by atoms with Crippen molar-refractivity contribution in [1.82, 2.24) is 0 Å². The van der Waals surface area contributed by atoms with E-state index in [0.717, 1.165) is 0 Å². The zero-order valence-corrected chi connectivity index (χ0v) is 10.6. The lowest BCUT2D eigenvalue weighted by molar-refractivity contribution is -0.142. The molecule has 0 spiro atoms. The predicted molar refractivity (Wildman–Crippen MR) is 65.3 cm³/mol. The van der Waals surface area contributed by atoms with E-state index in [1.165, 1.54) is 7.11 Å². The first-order chi connectivity index (χ1) is 8.12. The summed E-state index contributed by atoms with van der Waals surface area (Å²) in [5.41, 5.74) is 1.05. The summed E-state index contributed by atoms with van der Waals surface area (Å²) in [5, 5.41) is 8.96. The standard InChI is InChI=1S/C12H13NO3S/c1-3-16-11(14)6-8-4-9(7-13)12(15-2)10(17)5-8/h4-5,17H,3,6H2,1-2H3. The van der Waals surface area contributed by atoms with E-state index in [1.54, 1.807) is 19.1 Å². The highest BCUT2D eigenvalue weighted by atomic mass is 32.1. The van der Waals surface area contributed by atoms with E-state index in [-0.39, 0.29) is 12.4 Å². The number of thiol groups is 1. The Hall–Kier alpha value is -1.67. The molecule has 1 aromatic rings. The van der Waals surface area contributed by atoms with E-state index < -0.39 is 0 Å².